The third kappa shape index (κ3) is 5.19. The molecule has 1 aromatic heterocycles. The van der Waals surface area contributed by atoms with Gasteiger partial charge in [0.05, 0.1) is 32.6 Å². The van der Waals surface area contributed by atoms with Crippen LogP contribution in [0.2, 0.25) is 0 Å². The molecular formula is C15H18N6O7S. The monoisotopic (exact) mass is 426 g/mol. The van der Waals surface area contributed by atoms with Gasteiger partial charge in [0, 0.05) is 7.05 Å². The van der Waals surface area contributed by atoms with Gasteiger partial charge in [-0.1, -0.05) is 12.1 Å². The lowest BCUT2D eigenvalue weighted by molar-refractivity contribution is 0.0602. The second-order valence-electron chi connectivity index (χ2n) is 5.17. The van der Waals surface area contributed by atoms with Crippen LogP contribution in [0.25, 0.3) is 0 Å². The average Bonchev–Trinajstić information content (AvgIpc) is 2.72. The number of nitrogens with one attached hydrogen (secondary N) is 2. The highest BCUT2D eigenvalue weighted by Gasteiger charge is 2.26. The smallest absolute Gasteiger partial charge is 0.339 e. The zero-order chi connectivity index (χ0) is 21.6. The van der Waals surface area contributed by atoms with Gasteiger partial charge in [0.15, 0.2) is 0 Å². The predicted molar refractivity (Wildman–Crippen MR) is 100 cm³/mol. The number of carbonyl (C=O) groups is 2. The molecule has 0 spiro atoms. The van der Waals surface area contributed by atoms with E-state index in [1.165, 1.54) is 38.5 Å². The molecule has 13 nitrogen and oxygen atoms in total. The number of aromatic nitrogens is 3. The van der Waals surface area contributed by atoms with E-state index in [9.17, 15) is 18.0 Å². The Hall–Kier alpha value is -3.68. The number of para-hydroxylation sites is 1. The summed E-state index contributed by atoms with van der Waals surface area (Å²) in [5.41, 5.74) is -0.0955. The van der Waals surface area contributed by atoms with Crippen molar-refractivity contribution in [2.24, 2.45) is 0 Å². The minimum Gasteiger partial charge on any atom is -0.467 e. The topological polar surface area (TPSA) is 162 Å². The molecule has 0 fully saturated rings. The molecule has 1 aromatic carbocycles. The maximum Gasteiger partial charge on any atom is 0.339 e. The van der Waals surface area contributed by atoms with Crippen molar-refractivity contribution in [1.82, 2.24) is 19.3 Å². The van der Waals surface area contributed by atoms with Gasteiger partial charge in [0.2, 0.25) is 5.95 Å². The number of esters is 1. The zero-order valence-corrected chi connectivity index (χ0v) is 16.7. The van der Waals surface area contributed by atoms with Crippen LogP contribution in [0.15, 0.2) is 24.3 Å². The Morgan fingerprint density at radius 2 is 1.59 bits per heavy atom. The lowest BCUT2D eigenvalue weighted by Crippen LogP contribution is -2.40. The summed E-state index contributed by atoms with van der Waals surface area (Å²) in [4.78, 5) is 35.4. The highest BCUT2D eigenvalue weighted by atomic mass is 32.2. The molecule has 0 aliphatic carbocycles. The minimum atomic E-state index is -4.40. The number of hydrogen-bond donors (Lipinski definition) is 2. The van der Waals surface area contributed by atoms with Crippen LogP contribution in [0.1, 0.15) is 10.4 Å². The van der Waals surface area contributed by atoms with E-state index in [0.717, 1.165) is 14.2 Å². The van der Waals surface area contributed by atoms with E-state index >= 15 is 0 Å². The van der Waals surface area contributed by atoms with Crippen LogP contribution in [-0.2, 0) is 14.9 Å². The van der Waals surface area contributed by atoms with Crippen molar-refractivity contribution in [3.05, 3.63) is 29.8 Å². The largest absolute Gasteiger partial charge is 0.467 e. The lowest BCUT2D eigenvalue weighted by Gasteiger charge is -2.19. The second-order valence-corrected chi connectivity index (χ2v) is 6.88. The van der Waals surface area contributed by atoms with E-state index in [4.69, 9.17) is 9.47 Å². The molecule has 0 radical (unpaired) electrons. The molecule has 156 valence electrons. The van der Waals surface area contributed by atoms with E-state index in [2.05, 4.69) is 29.7 Å². The number of benzene rings is 1. The molecule has 29 heavy (non-hydrogen) atoms. The molecule has 0 aliphatic rings. The van der Waals surface area contributed by atoms with E-state index in [1.807, 2.05) is 0 Å². The number of anilines is 2. The summed E-state index contributed by atoms with van der Waals surface area (Å²) < 4.78 is 41.9. The molecule has 0 bridgehead atoms. The number of rotatable bonds is 7. The summed E-state index contributed by atoms with van der Waals surface area (Å²) in [6.07, 6.45) is 0. The molecule has 2 aromatic rings. The number of hydrogen-bond acceptors (Lipinski definition) is 10. The first kappa shape index (κ1) is 21.6. The molecule has 0 saturated carbocycles. The maximum atomic E-state index is 12.5. The van der Waals surface area contributed by atoms with Crippen LogP contribution in [0.5, 0.6) is 12.0 Å². The van der Waals surface area contributed by atoms with Gasteiger partial charge in [-0.05, 0) is 12.1 Å². The Morgan fingerprint density at radius 3 is 2.14 bits per heavy atom. The number of urea groups is 1. The lowest BCUT2D eigenvalue weighted by atomic mass is 10.2. The molecule has 2 amide bonds. The summed E-state index contributed by atoms with van der Waals surface area (Å²) in [6.45, 7) is 0. The summed E-state index contributed by atoms with van der Waals surface area (Å²) >= 11 is 0. The van der Waals surface area contributed by atoms with Gasteiger partial charge < -0.3 is 14.2 Å². The summed E-state index contributed by atoms with van der Waals surface area (Å²) in [6, 6.07) is 4.36. The normalized spacial score (nSPS) is 10.6. The fourth-order valence-electron chi connectivity index (χ4n) is 1.93. The molecule has 1 heterocycles. The maximum absolute atomic E-state index is 12.5. The van der Waals surface area contributed by atoms with E-state index in [1.54, 1.807) is 0 Å². The molecule has 2 N–H and O–H groups in total. The standard InChI is InChI=1S/C15H18N6O7S/c1-21(15(23)18-12-16-13(27-3)19-14(17-12)28-4)29(24,25)20-10-8-6-5-7-9(10)11(22)26-2/h5-8,20H,1-4H3,(H,16,17,18,19,23). The van der Waals surface area contributed by atoms with Gasteiger partial charge in [-0.3, -0.25) is 10.0 Å². The number of amides is 2. The Bertz CT molecular complexity index is 992. The van der Waals surface area contributed by atoms with Crippen molar-refractivity contribution < 1.29 is 32.2 Å². The third-order valence-electron chi connectivity index (χ3n) is 3.40. The Kier molecular flexibility index (Phi) is 6.71. The van der Waals surface area contributed by atoms with Gasteiger partial charge in [0.25, 0.3) is 0 Å². The van der Waals surface area contributed by atoms with Gasteiger partial charge >= 0.3 is 34.2 Å². The molecular weight excluding hydrogens is 408 g/mol. The van der Waals surface area contributed by atoms with Crippen LogP contribution in [0.3, 0.4) is 0 Å². The van der Waals surface area contributed by atoms with Crippen molar-refractivity contribution in [3.63, 3.8) is 0 Å². The van der Waals surface area contributed by atoms with Gasteiger partial charge in [-0.2, -0.15) is 18.4 Å². The molecule has 0 atom stereocenters. The van der Waals surface area contributed by atoms with Gasteiger partial charge in [-0.25, -0.2) is 13.9 Å². The van der Waals surface area contributed by atoms with Gasteiger partial charge in [0.1, 0.15) is 0 Å². The van der Waals surface area contributed by atoms with Crippen molar-refractivity contribution >= 4 is 33.8 Å². The first-order chi connectivity index (χ1) is 13.7. The van der Waals surface area contributed by atoms with Crippen molar-refractivity contribution in [3.8, 4) is 12.0 Å². The molecule has 0 saturated heterocycles. The molecule has 14 heteroatoms. The zero-order valence-electron chi connectivity index (χ0n) is 15.9. The second kappa shape index (κ2) is 9.01. The van der Waals surface area contributed by atoms with Crippen molar-refractivity contribution in [2.45, 2.75) is 0 Å². The number of carbonyl (C=O) groups excluding carboxylic acids is 2. The summed E-state index contributed by atoms with van der Waals surface area (Å²) in [5.74, 6) is -1.05. The molecule has 0 unspecified atom stereocenters. The number of methoxy groups -OCH3 is 3. The minimum absolute atomic E-state index is 0.0284. The van der Waals surface area contributed by atoms with E-state index < -0.39 is 22.2 Å². The SMILES string of the molecule is COC(=O)c1ccccc1NS(=O)(=O)N(C)C(=O)Nc1nc(OC)nc(OC)n1. The summed E-state index contributed by atoms with van der Waals surface area (Å²) in [7, 11) is 0.335. The average molecular weight is 426 g/mol. The fourth-order valence-corrected chi connectivity index (χ4v) is 2.78. The number of ether oxygens (including phenoxy) is 3. The Balaban J connectivity index is 2.22. The van der Waals surface area contributed by atoms with Crippen molar-refractivity contribution in [1.29, 1.82) is 0 Å². The van der Waals surface area contributed by atoms with Crippen molar-refractivity contribution in [2.75, 3.05) is 38.4 Å². The molecule has 0 aliphatic heterocycles. The fraction of sp³-hybridized carbons (Fsp3) is 0.267. The molecule has 2 rings (SSSR count). The van der Waals surface area contributed by atoms with Gasteiger partial charge in [-0.15, -0.1) is 4.98 Å². The first-order valence-corrected chi connectivity index (χ1v) is 9.25. The Morgan fingerprint density at radius 1 is 1.00 bits per heavy atom. The first-order valence-electron chi connectivity index (χ1n) is 7.81. The summed E-state index contributed by atoms with van der Waals surface area (Å²) in [5, 5.41) is 2.19. The van der Waals surface area contributed by atoms with Crippen LogP contribution >= 0.6 is 0 Å². The van der Waals surface area contributed by atoms with Crippen LogP contribution in [0.4, 0.5) is 16.4 Å². The number of nitrogens with zero attached hydrogens (tertiary/aromatic N) is 4. The van der Waals surface area contributed by atoms with Crippen LogP contribution < -0.4 is 19.5 Å². The predicted octanol–water partition coefficient (Wildman–Crippen LogP) is 0.496. The Labute approximate surface area is 166 Å². The highest BCUT2D eigenvalue weighted by molar-refractivity contribution is 7.90. The quantitative estimate of drug-likeness (QED) is 0.596. The van der Waals surface area contributed by atoms with E-state index in [0.29, 0.717) is 4.31 Å². The van der Waals surface area contributed by atoms with Crippen LogP contribution in [0, 0.1) is 0 Å². The van der Waals surface area contributed by atoms with Crippen LogP contribution in [-0.4, -0.2) is 68.1 Å². The third-order valence-corrected chi connectivity index (χ3v) is 4.76. The van der Waals surface area contributed by atoms with E-state index in [-0.39, 0.29) is 29.2 Å². The highest BCUT2D eigenvalue weighted by Crippen LogP contribution is 2.19.